The molecule has 1 N–H and O–H groups in total. The highest BCUT2D eigenvalue weighted by molar-refractivity contribution is 5.70. The molecule has 0 aromatic rings. The number of carbonyl (C=O) groups excluding carboxylic acids is 2. The van der Waals surface area contributed by atoms with E-state index in [0.717, 1.165) is 77.0 Å². The van der Waals surface area contributed by atoms with Gasteiger partial charge in [0.2, 0.25) is 0 Å². The van der Waals surface area contributed by atoms with E-state index in [1.165, 1.54) is 148 Å². The zero-order chi connectivity index (χ0) is 44.2. The Bertz CT molecular complexity index is 1100. The molecule has 0 rings (SSSR count). The van der Waals surface area contributed by atoms with Crippen LogP contribution in [-0.2, 0) is 19.1 Å². The Morgan fingerprint density at radius 2 is 0.705 bits per heavy atom. The van der Waals surface area contributed by atoms with Crippen LogP contribution in [0.2, 0.25) is 0 Å². The van der Waals surface area contributed by atoms with Crippen LogP contribution < -0.4 is 0 Å². The van der Waals surface area contributed by atoms with Crippen LogP contribution in [0, 0.1) is 0 Å². The number of carbonyl (C=O) groups is 2. The number of esters is 2. The molecule has 5 nitrogen and oxygen atoms in total. The molecule has 0 aliphatic rings. The minimum atomic E-state index is -0.767. The van der Waals surface area contributed by atoms with Gasteiger partial charge in [-0.25, -0.2) is 0 Å². The molecule has 1 atom stereocenters. The molecule has 0 spiro atoms. The summed E-state index contributed by atoms with van der Waals surface area (Å²) in [5, 5.41) is 9.56. The van der Waals surface area contributed by atoms with Crippen molar-refractivity contribution in [1.29, 1.82) is 0 Å². The minimum Gasteiger partial charge on any atom is -0.462 e. The molecular formula is C56H98O5. The first-order valence-corrected chi connectivity index (χ1v) is 26.0. The molecule has 0 aromatic heterocycles. The summed E-state index contributed by atoms with van der Waals surface area (Å²) in [5.41, 5.74) is 0. The fraction of sp³-hybridized carbons (Fsp3) is 0.750. The average Bonchev–Trinajstić information content (AvgIpc) is 3.26. The Kier molecular flexibility index (Phi) is 49.4. The number of ether oxygens (including phenoxy) is 2. The molecule has 0 aromatic carbocycles. The van der Waals surface area contributed by atoms with E-state index in [1.54, 1.807) is 0 Å². The van der Waals surface area contributed by atoms with Gasteiger partial charge in [-0.1, -0.05) is 247 Å². The Morgan fingerprint density at radius 3 is 1.07 bits per heavy atom. The lowest BCUT2D eigenvalue weighted by atomic mass is 10.0. The third-order valence-corrected chi connectivity index (χ3v) is 11.3. The summed E-state index contributed by atoms with van der Waals surface area (Å²) in [6.07, 6.45) is 70.4. The Balaban J connectivity index is 3.41. The zero-order valence-electron chi connectivity index (χ0n) is 40.2. The lowest BCUT2D eigenvalue weighted by Crippen LogP contribution is -2.28. The third kappa shape index (κ3) is 49.9. The van der Waals surface area contributed by atoms with Gasteiger partial charge in [-0.2, -0.15) is 0 Å². The summed E-state index contributed by atoms with van der Waals surface area (Å²) in [6, 6.07) is 0. The number of aliphatic hydroxyl groups is 1. The second-order valence-corrected chi connectivity index (χ2v) is 17.2. The number of hydrogen-bond donors (Lipinski definition) is 1. The SMILES string of the molecule is CC/C=C\C/C=C\C/C=C\C/C=C\C/C=C\C/C=C\CCCCCCCCCCCCCCCCCCCCCCC(=O)OC(CO)COC(=O)CCCCCCCCCC. The number of rotatable bonds is 47. The van der Waals surface area contributed by atoms with Crippen molar-refractivity contribution < 1.29 is 24.2 Å². The average molecular weight is 851 g/mol. The second-order valence-electron chi connectivity index (χ2n) is 17.2. The van der Waals surface area contributed by atoms with Gasteiger partial charge in [0.05, 0.1) is 6.61 Å². The van der Waals surface area contributed by atoms with E-state index in [0.29, 0.717) is 12.8 Å². The van der Waals surface area contributed by atoms with E-state index in [9.17, 15) is 14.7 Å². The molecule has 1 unspecified atom stereocenters. The quantitative estimate of drug-likeness (QED) is 0.0375. The first kappa shape index (κ1) is 58.3. The normalized spacial score (nSPS) is 12.8. The Labute approximate surface area is 378 Å². The molecule has 61 heavy (non-hydrogen) atoms. The van der Waals surface area contributed by atoms with E-state index in [1.807, 2.05) is 0 Å². The van der Waals surface area contributed by atoms with E-state index in [4.69, 9.17) is 9.47 Å². The van der Waals surface area contributed by atoms with Crippen molar-refractivity contribution in [3.63, 3.8) is 0 Å². The van der Waals surface area contributed by atoms with Crippen LogP contribution in [0.3, 0.4) is 0 Å². The standard InChI is InChI=1S/C56H98O5/c1-3-5-7-9-11-13-14-15-16-17-18-19-20-21-22-23-24-25-26-27-28-29-30-31-32-33-34-35-36-37-38-39-40-41-42-43-45-47-49-51-56(59)61-54(52-57)53-60-55(58)50-48-46-44-12-10-8-6-4-2/h5,7,11,13,15-16,18-19,21-22,24-25,54,57H,3-4,6,8-10,12,14,17,20,23,26-53H2,1-2H3/b7-5-,13-11-,16-15-,19-18-,22-21-,25-24-. The summed E-state index contributed by atoms with van der Waals surface area (Å²) in [4.78, 5) is 24.2. The van der Waals surface area contributed by atoms with E-state index in [2.05, 4.69) is 86.8 Å². The Morgan fingerprint density at radius 1 is 0.393 bits per heavy atom. The van der Waals surface area contributed by atoms with Crippen LogP contribution >= 0.6 is 0 Å². The highest BCUT2D eigenvalue weighted by Gasteiger charge is 2.16. The van der Waals surface area contributed by atoms with Gasteiger partial charge in [-0.05, 0) is 64.2 Å². The summed E-state index contributed by atoms with van der Waals surface area (Å²) < 4.78 is 10.6. The molecule has 5 heteroatoms. The summed E-state index contributed by atoms with van der Waals surface area (Å²) >= 11 is 0. The minimum absolute atomic E-state index is 0.0629. The molecule has 0 saturated carbocycles. The molecule has 0 aliphatic heterocycles. The molecule has 0 amide bonds. The van der Waals surface area contributed by atoms with Crippen molar-refractivity contribution in [2.75, 3.05) is 13.2 Å². The predicted octanol–water partition coefficient (Wildman–Crippen LogP) is 17.2. The number of hydrogen-bond acceptors (Lipinski definition) is 5. The van der Waals surface area contributed by atoms with Gasteiger partial charge in [0.25, 0.3) is 0 Å². The van der Waals surface area contributed by atoms with Gasteiger partial charge in [0.1, 0.15) is 6.61 Å². The lowest BCUT2D eigenvalue weighted by Gasteiger charge is -2.15. The van der Waals surface area contributed by atoms with Crippen LogP contribution in [0.25, 0.3) is 0 Å². The fourth-order valence-electron chi connectivity index (χ4n) is 7.38. The molecule has 0 fully saturated rings. The van der Waals surface area contributed by atoms with Crippen molar-refractivity contribution in [3.05, 3.63) is 72.9 Å². The third-order valence-electron chi connectivity index (χ3n) is 11.3. The lowest BCUT2D eigenvalue weighted by molar-refractivity contribution is -0.161. The fourth-order valence-corrected chi connectivity index (χ4v) is 7.38. The van der Waals surface area contributed by atoms with Gasteiger partial charge >= 0.3 is 11.9 Å². The van der Waals surface area contributed by atoms with E-state index >= 15 is 0 Å². The maximum atomic E-state index is 12.2. The first-order valence-electron chi connectivity index (χ1n) is 26.0. The van der Waals surface area contributed by atoms with Gasteiger partial charge in [0, 0.05) is 12.8 Å². The van der Waals surface area contributed by atoms with Crippen LogP contribution in [0.15, 0.2) is 72.9 Å². The van der Waals surface area contributed by atoms with Crippen LogP contribution in [0.5, 0.6) is 0 Å². The molecule has 0 saturated heterocycles. The molecule has 0 heterocycles. The van der Waals surface area contributed by atoms with Crippen molar-refractivity contribution in [2.45, 2.75) is 258 Å². The second kappa shape index (κ2) is 51.7. The van der Waals surface area contributed by atoms with Gasteiger partial charge in [0.15, 0.2) is 6.10 Å². The molecule has 0 aliphatic carbocycles. The number of allylic oxidation sites excluding steroid dienone is 12. The maximum absolute atomic E-state index is 12.2. The summed E-state index contributed by atoms with van der Waals surface area (Å²) in [5.74, 6) is -0.588. The van der Waals surface area contributed by atoms with Crippen LogP contribution in [0.4, 0.5) is 0 Å². The highest BCUT2D eigenvalue weighted by Crippen LogP contribution is 2.16. The Hall–Kier alpha value is -2.66. The highest BCUT2D eigenvalue weighted by atomic mass is 16.6. The molecular weight excluding hydrogens is 753 g/mol. The van der Waals surface area contributed by atoms with Crippen molar-refractivity contribution in [2.24, 2.45) is 0 Å². The molecule has 0 bridgehead atoms. The van der Waals surface area contributed by atoms with Crippen molar-refractivity contribution >= 4 is 11.9 Å². The zero-order valence-corrected chi connectivity index (χ0v) is 40.2. The number of unbranched alkanes of at least 4 members (excludes halogenated alkanes) is 27. The molecule has 0 radical (unpaired) electrons. The van der Waals surface area contributed by atoms with E-state index in [-0.39, 0.29) is 25.2 Å². The van der Waals surface area contributed by atoms with Crippen LogP contribution in [-0.4, -0.2) is 36.4 Å². The predicted molar refractivity (Wildman–Crippen MR) is 265 cm³/mol. The topological polar surface area (TPSA) is 72.8 Å². The molecule has 352 valence electrons. The monoisotopic (exact) mass is 851 g/mol. The van der Waals surface area contributed by atoms with Gasteiger partial charge < -0.3 is 14.6 Å². The van der Waals surface area contributed by atoms with Crippen molar-refractivity contribution in [1.82, 2.24) is 0 Å². The summed E-state index contributed by atoms with van der Waals surface area (Å²) in [7, 11) is 0. The smallest absolute Gasteiger partial charge is 0.306 e. The largest absolute Gasteiger partial charge is 0.462 e. The summed E-state index contributed by atoms with van der Waals surface area (Å²) in [6.45, 7) is 4.00. The van der Waals surface area contributed by atoms with E-state index < -0.39 is 6.10 Å². The van der Waals surface area contributed by atoms with Gasteiger partial charge in [-0.3, -0.25) is 9.59 Å². The maximum Gasteiger partial charge on any atom is 0.306 e. The van der Waals surface area contributed by atoms with Crippen LogP contribution in [0.1, 0.15) is 251 Å². The van der Waals surface area contributed by atoms with Gasteiger partial charge in [-0.15, -0.1) is 0 Å². The number of aliphatic hydroxyl groups excluding tert-OH is 1. The van der Waals surface area contributed by atoms with Crippen molar-refractivity contribution in [3.8, 4) is 0 Å². The first-order chi connectivity index (χ1) is 30.1.